The zero-order valence-electron chi connectivity index (χ0n) is 10.7. The highest BCUT2D eigenvalue weighted by Crippen LogP contribution is 2.33. The van der Waals surface area contributed by atoms with E-state index in [1.807, 2.05) is 19.4 Å². The summed E-state index contributed by atoms with van der Waals surface area (Å²) in [6.07, 6.45) is 3.57. The van der Waals surface area contributed by atoms with Gasteiger partial charge in [0.2, 0.25) is 0 Å². The van der Waals surface area contributed by atoms with Gasteiger partial charge >= 0.3 is 0 Å². The Bertz CT molecular complexity index is 481. The van der Waals surface area contributed by atoms with Crippen molar-refractivity contribution in [1.29, 1.82) is 0 Å². The summed E-state index contributed by atoms with van der Waals surface area (Å²) in [7, 11) is -1.66. The van der Waals surface area contributed by atoms with Gasteiger partial charge in [0, 0.05) is 7.11 Å². The van der Waals surface area contributed by atoms with Crippen molar-refractivity contribution in [1.82, 2.24) is 0 Å². The third-order valence-electron chi connectivity index (χ3n) is 3.60. The molecule has 0 radical (unpaired) electrons. The van der Waals surface area contributed by atoms with Gasteiger partial charge in [0.25, 0.3) is 0 Å². The molecule has 1 aliphatic carbocycles. The van der Waals surface area contributed by atoms with Crippen molar-refractivity contribution in [2.75, 3.05) is 7.11 Å². The molecule has 1 aromatic rings. The molecule has 0 spiro atoms. The summed E-state index contributed by atoms with van der Waals surface area (Å²) in [6, 6.07) is 8.66. The Balaban J connectivity index is 2.29. The summed E-state index contributed by atoms with van der Waals surface area (Å²) in [5, 5.41) is -0.446. The standard InChI is InChI=1S/C14H19O3S/c1-11-8-9-12(17-2)10-14(11)18(15,16)13-6-4-3-5-7-13/h3-7,10-12,14H,8-9H2,1-2H3/q-1/t11-,12-,14?/m0/s1. The first-order chi connectivity index (χ1) is 8.55. The van der Waals surface area contributed by atoms with Crippen LogP contribution in [0.1, 0.15) is 19.8 Å². The van der Waals surface area contributed by atoms with Gasteiger partial charge in [0.05, 0.1) is 4.90 Å². The van der Waals surface area contributed by atoms with Crippen molar-refractivity contribution in [2.24, 2.45) is 5.92 Å². The molecule has 0 aliphatic heterocycles. The highest BCUT2D eigenvalue weighted by Gasteiger charge is 2.30. The second-order valence-corrected chi connectivity index (χ2v) is 6.95. The lowest BCUT2D eigenvalue weighted by atomic mass is 9.88. The molecule has 0 heterocycles. The minimum atomic E-state index is -3.29. The fraction of sp³-hybridized carbons (Fsp3) is 0.500. The number of hydrogen-bond acceptors (Lipinski definition) is 3. The third-order valence-corrected chi connectivity index (χ3v) is 5.87. The molecule has 4 heteroatoms. The van der Waals surface area contributed by atoms with Crippen molar-refractivity contribution >= 4 is 9.84 Å². The first kappa shape index (κ1) is 13.6. The maximum Gasteiger partial charge on any atom is 0.153 e. The fourth-order valence-corrected chi connectivity index (χ4v) is 4.44. The van der Waals surface area contributed by atoms with Crippen LogP contribution in [-0.4, -0.2) is 26.9 Å². The highest BCUT2D eigenvalue weighted by molar-refractivity contribution is 7.92. The minimum Gasteiger partial charge on any atom is -0.413 e. The first-order valence-corrected chi connectivity index (χ1v) is 7.77. The molecule has 2 rings (SSSR count). The van der Waals surface area contributed by atoms with Crippen molar-refractivity contribution in [3.05, 3.63) is 36.8 Å². The van der Waals surface area contributed by atoms with Crippen LogP contribution in [0.2, 0.25) is 0 Å². The van der Waals surface area contributed by atoms with Crippen LogP contribution in [0.5, 0.6) is 0 Å². The molecule has 3 nitrogen and oxygen atoms in total. The van der Waals surface area contributed by atoms with E-state index in [4.69, 9.17) is 4.74 Å². The Morgan fingerprint density at radius 1 is 1.22 bits per heavy atom. The van der Waals surface area contributed by atoms with E-state index in [-0.39, 0.29) is 12.0 Å². The molecule has 1 unspecified atom stereocenters. The molecule has 1 aromatic carbocycles. The number of ether oxygens (including phenoxy) is 1. The van der Waals surface area contributed by atoms with E-state index in [9.17, 15) is 8.42 Å². The minimum absolute atomic E-state index is 0.0512. The second-order valence-electron chi connectivity index (χ2n) is 4.84. The molecular formula is C14H19O3S-. The molecule has 1 fully saturated rings. The van der Waals surface area contributed by atoms with Gasteiger partial charge in [0.15, 0.2) is 9.84 Å². The summed E-state index contributed by atoms with van der Waals surface area (Å²) in [5.41, 5.74) is 0. The van der Waals surface area contributed by atoms with Crippen LogP contribution in [0.15, 0.2) is 35.2 Å². The van der Waals surface area contributed by atoms with Gasteiger partial charge in [-0.05, 0) is 12.1 Å². The van der Waals surface area contributed by atoms with Gasteiger partial charge < -0.3 is 4.74 Å². The average Bonchev–Trinajstić information content (AvgIpc) is 2.40. The number of methoxy groups -OCH3 is 1. The molecule has 0 N–H and O–H groups in total. The lowest BCUT2D eigenvalue weighted by Crippen LogP contribution is -2.38. The summed E-state index contributed by atoms with van der Waals surface area (Å²) in [6.45, 7) is 1.99. The van der Waals surface area contributed by atoms with Crippen molar-refractivity contribution in [2.45, 2.75) is 36.0 Å². The number of sulfone groups is 1. The van der Waals surface area contributed by atoms with Gasteiger partial charge in [-0.3, -0.25) is 6.42 Å². The molecule has 0 bridgehead atoms. The van der Waals surface area contributed by atoms with Crippen LogP contribution < -0.4 is 0 Å². The van der Waals surface area contributed by atoms with Gasteiger partial charge in [-0.1, -0.05) is 55.2 Å². The van der Waals surface area contributed by atoms with Crippen molar-refractivity contribution < 1.29 is 13.2 Å². The average molecular weight is 267 g/mol. The Hall–Kier alpha value is -0.870. The van der Waals surface area contributed by atoms with Crippen LogP contribution in [0.3, 0.4) is 0 Å². The quantitative estimate of drug-likeness (QED) is 0.790. The molecular weight excluding hydrogens is 248 g/mol. The molecule has 3 atom stereocenters. The van der Waals surface area contributed by atoms with Gasteiger partial charge in [-0.2, -0.15) is 0 Å². The van der Waals surface area contributed by atoms with E-state index in [0.717, 1.165) is 12.8 Å². The Morgan fingerprint density at radius 3 is 2.50 bits per heavy atom. The van der Waals surface area contributed by atoms with E-state index >= 15 is 0 Å². The van der Waals surface area contributed by atoms with Gasteiger partial charge in [-0.15, -0.1) is 0 Å². The monoisotopic (exact) mass is 267 g/mol. The number of hydrogen-bond donors (Lipinski definition) is 0. The summed E-state index contributed by atoms with van der Waals surface area (Å²) in [5.74, 6) is 0.140. The maximum atomic E-state index is 12.6. The maximum absolute atomic E-state index is 12.6. The van der Waals surface area contributed by atoms with Crippen LogP contribution in [-0.2, 0) is 14.6 Å². The molecule has 18 heavy (non-hydrogen) atoms. The van der Waals surface area contributed by atoms with Crippen LogP contribution in [0, 0.1) is 12.3 Å². The molecule has 0 saturated heterocycles. The number of rotatable bonds is 3. The van der Waals surface area contributed by atoms with E-state index < -0.39 is 15.1 Å². The summed E-state index contributed by atoms with van der Waals surface area (Å²) in [4.78, 5) is 0.398. The largest absolute Gasteiger partial charge is 0.413 e. The van der Waals surface area contributed by atoms with Crippen LogP contribution in [0.4, 0.5) is 0 Å². The molecule has 100 valence electrons. The lowest BCUT2D eigenvalue weighted by molar-refractivity contribution is 0.0969. The van der Waals surface area contributed by atoms with Crippen molar-refractivity contribution in [3.8, 4) is 0 Å². The predicted molar refractivity (Wildman–Crippen MR) is 70.9 cm³/mol. The summed E-state index contributed by atoms with van der Waals surface area (Å²) >= 11 is 0. The molecule has 0 amide bonds. The first-order valence-electron chi connectivity index (χ1n) is 6.22. The molecule has 0 aromatic heterocycles. The normalized spacial score (nSPS) is 29.1. The highest BCUT2D eigenvalue weighted by atomic mass is 32.2. The van der Waals surface area contributed by atoms with E-state index in [1.165, 1.54) is 0 Å². The smallest absolute Gasteiger partial charge is 0.153 e. The van der Waals surface area contributed by atoms with Crippen LogP contribution in [0.25, 0.3) is 0 Å². The van der Waals surface area contributed by atoms with E-state index in [1.54, 1.807) is 31.4 Å². The topological polar surface area (TPSA) is 43.4 Å². The van der Waals surface area contributed by atoms with Gasteiger partial charge in [0.1, 0.15) is 0 Å². The predicted octanol–water partition coefficient (Wildman–Crippen LogP) is 2.48. The zero-order chi connectivity index (χ0) is 13.2. The van der Waals surface area contributed by atoms with E-state index in [2.05, 4.69) is 0 Å². The van der Waals surface area contributed by atoms with Crippen molar-refractivity contribution in [3.63, 3.8) is 0 Å². The Morgan fingerprint density at radius 2 is 1.89 bits per heavy atom. The second kappa shape index (κ2) is 5.41. The fourth-order valence-electron chi connectivity index (χ4n) is 2.46. The van der Waals surface area contributed by atoms with Gasteiger partial charge in [-0.25, -0.2) is 8.42 Å². The van der Waals surface area contributed by atoms with Crippen LogP contribution >= 0.6 is 0 Å². The van der Waals surface area contributed by atoms with E-state index in [0.29, 0.717) is 4.90 Å². The Kier molecular flexibility index (Phi) is 4.07. The Labute approximate surface area is 109 Å². The number of benzene rings is 1. The molecule has 1 saturated carbocycles. The summed E-state index contributed by atoms with van der Waals surface area (Å²) < 4.78 is 30.4. The zero-order valence-corrected chi connectivity index (χ0v) is 11.6. The third kappa shape index (κ3) is 2.59. The molecule has 1 aliphatic rings. The lowest BCUT2D eigenvalue weighted by Gasteiger charge is -2.41. The SMILES string of the molecule is CO[C@@H]1[CH-]C(S(=O)(=O)c2ccccc2)[C@@H](C)CC1.